The Morgan fingerprint density at radius 2 is 2.11 bits per heavy atom. The lowest BCUT2D eigenvalue weighted by Gasteiger charge is -2.25. The second kappa shape index (κ2) is 3.58. The zero-order valence-electron chi connectivity index (χ0n) is 10.6. The van der Waals surface area contributed by atoms with Gasteiger partial charge in [-0.3, -0.25) is 0 Å². The van der Waals surface area contributed by atoms with E-state index in [2.05, 4.69) is 24.0 Å². The van der Waals surface area contributed by atoms with Crippen molar-refractivity contribution < 1.29 is 4.42 Å². The number of nitrogens with zero attached hydrogens (tertiary/aromatic N) is 1. The minimum Gasteiger partial charge on any atom is -0.440 e. The van der Waals surface area contributed by atoms with E-state index < -0.39 is 0 Å². The van der Waals surface area contributed by atoms with E-state index in [9.17, 15) is 0 Å². The molecule has 0 amide bonds. The van der Waals surface area contributed by atoms with Gasteiger partial charge in [-0.15, -0.1) is 0 Å². The molecule has 4 rings (SSSR count). The molecule has 1 aromatic carbocycles. The summed E-state index contributed by atoms with van der Waals surface area (Å²) in [5.41, 5.74) is 9.42. The van der Waals surface area contributed by atoms with Crippen molar-refractivity contribution >= 4 is 11.1 Å². The van der Waals surface area contributed by atoms with Crippen LogP contribution < -0.4 is 5.73 Å². The molecule has 2 aliphatic carbocycles. The lowest BCUT2D eigenvalue weighted by Crippen LogP contribution is -2.34. The Morgan fingerprint density at radius 3 is 2.89 bits per heavy atom. The average Bonchev–Trinajstić information content (AvgIpc) is 3.00. The van der Waals surface area contributed by atoms with Crippen LogP contribution in [0, 0.1) is 18.8 Å². The molecule has 18 heavy (non-hydrogen) atoms. The van der Waals surface area contributed by atoms with Crippen molar-refractivity contribution in [2.45, 2.75) is 38.1 Å². The Kier molecular flexibility index (Phi) is 2.10. The monoisotopic (exact) mass is 242 g/mol. The van der Waals surface area contributed by atoms with Crippen molar-refractivity contribution in [3.63, 3.8) is 0 Å². The van der Waals surface area contributed by atoms with E-state index in [0.717, 1.165) is 17.0 Å². The summed E-state index contributed by atoms with van der Waals surface area (Å²) < 4.78 is 5.96. The summed E-state index contributed by atoms with van der Waals surface area (Å²) >= 11 is 0. The van der Waals surface area contributed by atoms with E-state index in [1.165, 1.54) is 24.8 Å². The third-order valence-electron chi connectivity index (χ3n) is 4.83. The Labute approximate surface area is 106 Å². The van der Waals surface area contributed by atoms with Gasteiger partial charge in [0.25, 0.3) is 0 Å². The maximum Gasteiger partial charge on any atom is 0.200 e. The third-order valence-corrected chi connectivity index (χ3v) is 4.83. The molecule has 0 spiro atoms. The van der Waals surface area contributed by atoms with Crippen LogP contribution in [0.3, 0.4) is 0 Å². The fraction of sp³-hybridized carbons (Fsp3) is 0.533. The summed E-state index contributed by atoms with van der Waals surface area (Å²) in [6.45, 7) is 2.07. The Morgan fingerprint density at radius 1 is 1.28 bits per heavy atom. The number of oxazole rings is 1. The molecule has 94 valence electrons. The molecule has 3 heteroatoms. The van der Waals surface area contributed by atoms with Gasteiger partial charge in [0.1, 0.15) is 5.52 Å². The summed E-state index contributed by atoms with van der Waals surface area (Å²) in [6.07, 6.45) is 3.85. The van der Waals surface area contributed by atoms with Crippen LogP contribution in [0.15, 0.2) is 22.6 Å². The molecular formula is C15H18N2O. The number of nitrogens with two attached hydrogens (primary N) is 1. The molecule has 2 bridgehead atoms. The molecule has 3 nitrogen and oxygen atoms in total. The number of hydrogen-bond acceptors (Lipinski definition) is 3. The van der Waals surface area contributed by atoms with Crippen molar-refractivity contribution in [2.24, 2.45) is 17.6 Å². The fourth-order valence-corrected chi connectivity index (χ4v) is 3.89. The Balaban J connectivity index is 1.78. The zero-order chi connectivity index (χ0) is 12.3. The lowest BCUT2D eigenvalue weighted by molar-refractivity contribution is 0.317. The highest BCUT2D eigenvalue weighted by atomic mass is 16.3. The molecule has 4 atom stereocenters. The van der Waals surface area contributed by atoms with Crippen LogP contribution in [0.2, 0.25) is 0 Å². The van der Waals surface area contributed by atoms with Gasteiger partial charge >= 0.3 is 0 Å². The fourth-order valence-electron chi connectivity index (χ4n) is 3.89. The smallest absolute Gasteiger partial charge is 0.200 e. The van der Waals surface area contributed by atoms with Crippen LogP contribution in [-0.2, 0) is 0 Å². The van der Waals surface area contributed by atoms with Gasteiger partial charge in [0.05, 0.1) is 5.92 Å². The number of aryl methyl sites for hydroxylation is 1. The quantitative estimate of drug-likeness (QED) is 0.836. The van der Waals surface area contributed by atoms with Crippen LogP contribution in [0.1, 0.15) is 36.6 Å². The van der Waals surface area contributed by atoms with E-state index >= 15 is 0 Å². The van der Waals surface area contributed by atoms with Gasteiger partial charge in [0, 0.05) is 6.04 Å². The van der Waals surface area contributed by atoms with Gasteiger partial charge < -0.3 is 10.2 Å². The maximum absolute atomic E-state index is 6.35. The number of rotatable bonds is 1. The van der Waals surface area contributed by atoms with Gasteiger partial charge in [-0.2, -0.15) is 0 Å². The number of fused-ring (bicyclic) bond motifs is 3. The summed E-state index contributed by atoms with van der Waals surface area (Å²) in [6, 6.07) is 6.42. The van der Waals surface area contributed by atoms with Crippen LogP contribution in [0.4, 0.5) is 0 Å². The van der Waals surface area contributed by atoms with E-state index in [1.807, 2.05) is 6.07 Å². The number of hydrogen-bond donors (Lipinski definition) is 1. The van der Waals surface area contributed by atoms with Gasteiger partial charge in [-0.05, 0) is 55.7 Å². The second-order valence-electron chi connectivity index (χ2n) is 5.96. The van der Waals surface area contributed by atoms with Crippen molar-refractivity contribution in [2.75, 3.05) is 0 Å². The number of aromatic nitrogens is 1. The molecular weight excluding hydrogens is 224 g/mol. The summed E-state index contributed by atoms with van der Waals surface area (Å²) in [4.78, 5) is 4.66. The lowest BCUT2D eigenvalue weighted by atomic mass is 9.85. The Hall–Kier alpha value is -1.35. The molecule has 2 aliphatic rings. The van der Waals surface area contributed by atoms with E-state index in [0.29, 0.717) is 17.8 Å². The zero-order valence-corrected chi connectivity index (χ0v) is 10.6. The maximum atomic E-state index is 6.35. The minimum atomic E-state index is 0.248. The first kappa shape index (κ1) is 10.6. The second-order valence-corrected chi connectivity index (χ2v) is 5.96. The molecule has 2 N–H and O–H groups in total. The summed E-state index contributed by atoms with van der Waals surface area (Å²) in [7, 11) is 0. The highest BCUT2D eigenvalue weighted by Gasteiger charge is 2.48. The standard InChI is InChI=1S/C15H18N2O/c1-8-2-5-11-12(6-8)18-15(17-11)13-9-3-4-10(7-9)14(13)16/h2,5-6,9-10,13-14H,3-4,7,16H2,1H3. The van der Waals surface area contributed by atoms with Crippen LogP contribution in [0.25, 0.3) is 11.1 Å². The first-order valence-electron chi connectivity index (χ1n) is 6.85. The van der Waals surface area contributed by atoms with Crippen LogP contribution >= 0.6 is 0 Å². The minimum absolute atomic E-state index is 0.248. The average molecular weight is 242 g/mol. The van der Waals surface area contributed by atoms with E-state index in [1.54, 1.807) is 0 Å². The third kappa shape index (κ3) is 1.37. The molecule has 2 saturated carbocycles. The van der Waals surface area contributed by atoms with Gasteiger partial charge in [0.15, 0.2) is 11.5 Å². The van der Waals surface area contributed by atoms with Crippen molar-refractivity contribution in [3.05, 3.63) is 29.7 Å². The highest BCUT2D eigenvalue weighted by molar-refractivity contribution is 5.73. The topological polar surface area (TPSA) is 52.0 Å². The molecule has 4 unspecified atom stereocenters. The first-order chi connectivity index (χ1) is 8.72. The predicted molar refractivity (Wildman–Crippen MR) is 70.3 cm³/mol. The molecule has 0 saturated heterocycles. The summed E-state index contributed by atoms with van der Waals surface area (Å²) in [5, 5.41) is 0. The SMILES string of the molecule is Cc1ccc2nc(C3C4CCC(C4)C3N)oc2c1. The molecule has 0 aliphatic heterocycles. The van der Waals surface area contributed by atoms with E-state index in [-0.39, 0.29) is 6.04 Å². The number of benzene rings is 1. The van der Waals surface area contributed by atoms with Gasteiger partial charge in [-0.1, -0.05) is 6.07 Å². The van der Waals surface area contributed by atoms with Crippen LogP contribution in [-0.4, -0.2) is 11.0 Å². The van der Waals surface area contributed by atoms with Crippen molar-refractivity contribution in [3.8, 4) is 0 Å². The molecule has 0 radical (unpaired) electrons. The normalized spacial score (nSPS) is 34.6. The predicted octanol–water partition coefficient (Wildman–Crippen LogP) is 2.98. The molecule has 1 heterocycles. The first-order valence-corrected chi connectivity index (χ1v) is 6.85. The Bertz CT molecular complexity index is 602. The van der Waals surface area contributed by atoms with E-state index in [4.69, 9.17) is 10.2 Å². The van der Waals surface area contributed by atoms with Gasteiger partial charge in [0.2, 0.25) is 0 Å². The van der Waals surface area contributed by atoms with Crippen molar-refractivity contribution in [1.29, 1.82) is 0 Å². The van der Waals surface area contributed by atoms with Crippen molar-refractivity contribution in [1.82, 2.24) is 4.98 Å². The molecule has 2 aromatic rings. The van der Waals surface area contributed by atoms with Crippen LogP contribution in [0.5, 0.6) is 0 Å². The molecule has 2 fully saturated rings. The summed E-state index contributed by atoms with van der Waals surface area (Å²) in [5.74, 6) is 2.60. The largest absolute Gasteiger partial charge is 0.440 e. The highest BCUT2D eigenvalue weighted by Crippen LogP contribution is 2.52. The van der Waals surface area contributed by atoms with Gasteiger partial charge in [-0.25, -0.2) is 4.98 Å². The molecule has 1 aromatic heterocycles.